The zero-order valence-corrected chi connectivity index (χ0v) is 30.7. The highest BCUT2D eigenvalue weighted by atomic mass is 16.3. The monoisotopic (exact) mass is 681 g/mol. The number of para-hydroxylation sites is 2. The summed E-state index contributed by atoms with van der Waals surface area (Å²) in [5.41, 5.74) is 17.2. The Morgan fingerprint density at radius 3 is 1.92 bits per heavy atom. The molecule has 0 spiro atoms. The van der Waals surface area contributed by atoms with Crippen LogP contribution < -0.4 is 4.90 Å². The zero-order chi connectivity index (χ0) is 35.8. The minimum absolute atomic E-state index is 0.0959. The number of benzene rings is 8. The van der Waals surface area contributed by atoms with Crippen LogP contribution in [0.25, 0.3) is 65.7 Å². The number of rotatable bonds is 3. The third kappa shape index (κ3) is 4.15. The fourth-order valence-electron chi connectivity index (χ4n) is 9.72. The molecule has 11 rings (SSSR count). The van der Waals surface area contributed by atoms with Crippen molar-refractivity contribution in [1.82, 2.24) is 0 Å². The molecule has 0 unspecified atom stereocenters. The first-order valence-electron chi connectivity index (χ1n) is 18.8. The first kappa shape index (κ1) is 30.5. The minimum atomic E-state index is -0.149. The van der Waals surface area contributed by atoms with Crippen LogP contribution in [0.2, 0.25) is 0 Å². The topological polar surface area (TPSA) is 16.4 Å². The number of nitrogens with zero attached hydrogens (tertiary/aromatic N) is 1. The van der Waals surface area contributed by atoms with Gasteiger partial charge in [0.15, 0.2) is 5.58 Å². The maximum Gasteiger partial charge on any atom is 0.159 e. The predicted octanol–water partition coefficient (Wildman–Crippen LogP) is 14.3. The van der Waals surface area contributed by atoms with E-state index in [0.29, 0.717) is 0 Å². The Labute approximate surface area is 309 Å². The van der Waals surface area contributed by atoms with Crippen LogP contribution in [0.1, 0.15) is 55.5 Å². The van der Waals surface area contributed by atoms with E-state index in [4.69, 9.17) is 4.42 Å². The quantitative estimate of drug-likeness (QED) is 0.185. The summed E-state index contributed by atoms with van der Waals surface area (Å²) in [5.74, 6) is 0. The lowest BCUT2D eigenvalue weighted by molar-refractivity contribution is 0.655. The van der Waals surface area contributed by atoms with Crippen molar-refractivity contribution in [3.05, 3.63) is 173 Å². The van der Waals surface area contributed by atoms with Crippen LogP contribution in [0.3, 0.4) is 0 Å². The Morgan fingerprint density at radius 2 is 1.09 bits per heavy atom. The molecule has 2 aliphatic rings. The number of furan rings is 1. The fourth-order valence-corrected chi connectivity index (χ4v) is 9.72. The van der Waals surface area contributed by atoms with Crippen LogP contribution in [-0.2, 0) is 10.8 Å². The van der Waals surface area contributed by atoms with Crippen molar-refractivity contribution in [2.75, 3.05) is 4.90 Å². The molecule has 8 aromatic carbocycles. The van der Waals surface area contributed by atoms with Gasteiger partial charge in [-0.05, 0) is 134 Å². The van der Waals surface area contributed by atoms with Crippen molar-refractivity contribution >= 4 is 60.5 Å². The van der Waals surface area contributed by atoms with Crippen molar-refractivity contribution < 1.29 is 4.42 Å². The second kappa shape index (κ2) is 10.5. The van der Waals surface area contributed by atoms with Crippen molar-refractivity contribution in [2.24, 2.45) is 0 Å². The van der Waals surface area contributed by atoms with E-state index in [2.05, 4.69) is 179 Å². The number of hydrogen-bond acceptors (Lipinski definition) is 2. The molecule has 0 bridgehead atoms. The third-order valence-corrected chi connectivity index (χ3v) is 12.4. The van der Waals surface area contributed by atoms with Gasteiger partial charge in [0.1, 0.15) is 5.58 Å². The number of anilines is 3. The average molecular weight is 682 g/mol. The molecule has 0 radical (unpaired) electrons. The van der Waals surface area contributed by atoms with E-state index in [1.54, 1.807) is 0 Å². The van der Waals surface area contributed by atoms with Gasteiger partial charge in [-0.1, -0.05) is 118 Å². The van der Waals surface area contributed by atoms with E-state index >= 15 is 0 Å². The Bertz CT molecular complexity index is 3010. The Hall–Kier alpha value is -6.12. The largest absolute Gasteiger partial charge is 0.454 e. The molecule has 0 N–H and O–H groups in total. The van der Waals surface area contributed by atoms with Crippen LogP contribution >= 0.6 is 0 Å². The van der Waals surface area contributed by atoms with E-state index in [9.17, 15) is 0 Å². The Morgan fingerprint density at radius 1 is 0.453 bits per heavy atom. The van der Waals surface area contributed by atoms with Crippen molar-refractivity contribution in [2.45, 2.75) is 45.4 Å². The highest BCUT2D eigenvalue weighted by molar-refractivity contribution is 6.10. The van der Waals surface area contributed by atoms with Gasteiger partial charge in [-0.2, -0.15) is 0 Å². The summed E-state index contributed by atoms with van der Waals surface area (Å²) >= 11 is 0. The van der Waals surface area contributed by atoms with Gasteiger partial charge in [0.2, 0.25) is 0 Å². The standard InChI is InChI=1S/C51H39NO/c1-30-17-21-34(22-18-30)52(46-15-10-14-39-37-13-8-9-16-47(37)53-49(39)46)35-23-19-32-26-40-42-29-45-41(28-44(42)50(2,3)43(40)27-33(32)25-35)38-24-20-31-11-6-7-12-36(31)48(38)51(45,4)5/h6-29H,1-5H3. The molecule has 0 fully saturated rings. The van der Waals surface area contributed by atoms with Crippen molar-refractivity contribution in [3.8, 4) is 22.3 Å². The van der Waals surface area contributed by atoms with Gasteiger partial charge in [0, 0.05) is 33.0 Å². The molecule has 53 heavy (non-hydrogen) atoms. The molecule has 0 atom stereocenters. The number of hydrogen-bond donors (Lipinski definition) is 0. The molecule has 2 heteroatoms. The lowest BCUT2D eigenvalue weighted by Gasteiger charge is -2.26. The lowest BCUT2D eigenvalue weighted by atomic mass is 9.78. The molecule has 0 aliphatic heterocycles. The molecule has 1 aromatic heterocycles. The van der Waals surface area contributed by atoms with Crippen LogP contribution in [0.5, 0.6) is 0 Å². The van der Waals surface area contributed by atoms with Crippen molar-refractivity contribution in [1.29, 1.82) is 0 Å². The molecule has 0 amide bonds. The van der Waals surface area contributed by atoms with Crippen LogP contribution in [0, 0.1) is 6.92 Å². The van der Waals surface area contributed by atoms with Gasteiger partial charge in [-0.25, -0.2) is 0 Å². The van der Waals surface area contributed by atoms with E-state index in [1.165, 1.54) is 71.6 Å². The molecule has 254 valence electrons. The summed E-state index contributed by atoms with van der Waals surface area (Å²) in [7, 11) is 0. The minimum Gasteiger partial charge on any atom is -0.454 e. The summed E-state index contributed by atoms with van der Waals surface area (Å²) in [6, 6.07) is 54.0. The van der Waals surface area contributed by atoms with E-state index in [-0.39, 0.29) is 10.8 Å². The van der Waals surface area contributed by atoms with E-state index in [1.807, 2.05) is 6.07 Å². The molecular formula is C51H39NO. The molecule has 1 heterocycles. The Kier molecular flexibility index (Phi) is 6.03. The summed E-state index contributed by atoms with van der Waals surface area (Å²) in [6.07, 6.45) is 0. The Balaban J connectivity index is 1.08. The van der Waals surface area contributed by atoms with Gasteiger partial charge in [-0.15, -0.1) is 0 Å². The molecule has 2 nitrogen and oxygen atoms in total. The van der Waals surface area contributed by atoms with Crippen LogP contribution in [0.15, 0.2) is 150 Å². The fraction of sp³-hybridized carbons (Fsp3) is 0.137. The summed E-state index contributed by atoms with van der Waals surface area (Å²) in [5, 5.41) is 7.42. The maximum absolute atomic E-state index is 6.59. The van der Waals surface area contributed by atoms with Crippen LogP contribution in [0.4, 0.5) is 17.1 Å². The van der Waals surface area contributed by atoms with Gasteiger partial charge in [0.05, 0.1) is 5.69 Å². The first-order valence-corrected chi connectivity index (χ1v) is 18.8. The first-order chi connectivity index (χ1) is 25.7. The second-order valence-corrected chi connectivity index (χ2v) is 16.3. The average Bonchev–Trinajstić information content (AvgIpc) is 3.74. The van der Waals surface area contributed by atoms with Crippen molar-refractivity contribution in [3.63, 3.8) is 0 Å². The SMILES string of the molecule is Cc1ccc(N(c2ccc3cc4c(cc3c2)C(C)(C)c2cc3c(cc2-4)C(C)(C)c2c-3ccc3ccccc23)c2cccc3c2oc2ccccc23)cc1. The third-order valence-electron chi connectivity index (χ3n) is 12.4. The highest BCUT2D eigenvalue weighted by Gasteiger charge is 2.42. The van der Waals surface area contributed by atoms with Crippen LogP contribution in [-0.4, -0.2) is 0 Å². The highest BCUT2D eigenvalue weighted by Crippen LogP contribution is 2.58. The lowest BCUT2D eigenvalue weighted by Crippen LogP contribution is -2.17. The van der Waals surface area contributed by atoms with Gasteiger partial charge < -0.3 is 9.32 Å². The predicted molar refractivity (Wildman–Crippen MR) is 223 cm³/mol. The van der Waals surface area contributed by atoms with Gasteiger partial charge in [-0.3, -0.25) is 0 Å². The smallest absolute Gasteiger partial charge is 0.159 e. The van der Waals surface area contributed by atoms with E-state index < -0.39 is 0 Å². The van der Waals surface area contributed by atoms with Gasteiger partial charge in [0.25, 0.3) is 0 Å². The summed E-state index contributed by atoms with van der Waals surface area (Å²) in [6.45, 7) is 11.8. The summed E-state index contributed by atoms with van der Waals surface area (Å²) < 4.78 is 6.59. The van der Waals surface area contributed by atoms with Gasteiger partial charge >= 0.3 is 0 Å². The number of fused-ring (bicyclic) bond motifs is 12. The summed E-state index contributed by atoms with van der Waals surface area (Å²) in [4.78, 5) is 2.35. The molecule has 0 saturated carbocycles. The number of aryl methyl sites for hydroxylation is 1. The second-order valence-electron chi connectivity index (χ2n) is 16.3. The molecule has 9 aromatic rings. The zero-order valence-electron chi connectivity index (χ0n) is 30.7. The molecular weight excluding hydrogens is 643 g/mol. The van der Waals surface area contributed by atoms with E-state index in [0.717, 1.165) is 39.0 Å². The normalized spacial score (nSPS) is 14.8. The molecule has 0 saturated heterocycles. The molecule has 2 aliphatic carbocycles. The maximum atomic E-state index is 6.59.